The fourth-order valence-electron chi connectivity index (χ4n) is 2.21. The van der Waals surface area contributed by atoms with Crippen LogP contribution in [0.3, 0.4) is 0 Å². The van der Waals surface area contributed by atoms with Crippen LogP contribution in [0.2, 0.25) is 5.15 Å². The summed E-state index contributed by atoms with van der Waals surface area (Å²) in [7, 11) is 0. The van der Waals surface area contributed by atoms with Gasteiger partial charge in [-0.1, -0.05) is 37.1 Å². The lowest BCUT2D eigenvalue weighted by Gasteiger charge is -2.16. The van der Waals surface area contributed by atoms with Crippen LogP contribution < -0.4 is 10.6 Å². The zero-order valence-corrected chi connectivity index (χ0v) is 15.5. The van der Waals surface area contributed by atoms with Crippen LogP contribution in [-0.2, 0) is 9.53 Å². The smallest absolute Gasteiger partial charge is 0.341 e. The molecule has 138 valence electrons. The number of ether oxygens (including phenoxy) is 1. The zero-order valence-electron chi connectivity index (χ0n) is 14.8. The number of rotatable bonds is 8. The minimum Gasteiger partial charge on any atom is -0.449 e. The Hall–Kier alpha value is -2.60. The van der Waals surface area contributed by atoms with Crippen molar-refractivity contribution >= 4 is 34.9 Å². The summed E-state index contributed by atoms with van der Waals surface area (Å²) in [5.41, 5.74) is 1.44. The van der Waals surface area contributed by atoms with Gasteiger partial charge in [0.15, 0.2) is 11.3 Å². The van der Waals surface area contributed by atoms with E-state index in [0.29, 0.717) is 16.9 Å². The van der Waals surface area contributed by atoms with Crippen LogP contribution in [0, 0.1) is 0 Å². The van der Waals surface area contributed by atoms with Crippen molar-refractivity contribution in [2.24, 2.45) is 0 Å². The predicted octanol–water partition coefficient (Wildman–Crippen LogP) is 4.13. The number of nitrogens with one attached hydrogen (secondary N) is 2. The molecule has 0 saturated heterocycles. The third-order valence-corrected chi connectivity index (χ3v) is 3.96. The summed E-state index contributed by atoms with van der Waals surface area (Å²) in [4.78, 5) is 28.6. The highest BCUT2D eigenvalue weighted by Crippen LogP contribution is 2.19. The molecular formula is C19H22ClN3O3. The number of aromatic nitrogens is 1. The Morgan fingerprint density at radius 1 is 1.19 bits per heavy atom. The van der Waals surface area contributed by atoms with Gasteiger partial charge in [-0.15, -0.1) is 0 Å². The van der Waals surface area contributed by atoms with Gasteiger partial charge in [-0.25, -0.2) is 9.78 Å². The third-order valence-electron chi connectivity index (χ3n) is 3.66. The monoisotopic (exact) mass is 375 g/mol. The largest absolute Gasteiger partial charge is 0.449 e. The number of hydrogen-bond acceptors (Lipinski definition) is 5. The highest BCUT2D eigenvalue weighted by molar-refractivity contribution is 6.32. The van der Waals surface area contributed by atoms with Crippen LogP contribution in [0.1, 0.15) is 37.0 Å². The Morgan fingerprint density at radius 3 is 2.65 bits per heavy atom. The normalized spacial score (nSPS) is 11.5. The summed E-state index contributed by atoms with van der Waals surface area (Å²) in [6.45, 7) is 4.36. The maximum atomic E-state index is 12.5. The maximum Gasteiger partial charge on any atom is 0.341 e. The zero-order chi connectivity index (χ0) is 18.9. The molecule has 1 atom stereocenters. The summed E-state index contributed by atoms with van der Waals surface area (Å²) >= 11 is 5.91. The first kappa shape index (κ1) is 19.7. The lowest BCUT2D eigenvalue weighted by atomic mass is 10.1. The van der Waals surface area contributed by atoms with Crippen LogP contribution in [0.15, 0.2) is 42.6 Å². The Kier molecular flexibility index (Phi) is 7.41. The van der Waals surface area contributed by atoms with E-state index in [0.717, 1.165) is 19.4 Å². The number of unbranched alkanes of at least 4 members (excludes halogenated alkanes) is 1. The number of pyridine rings is 1. The number of amides is 1. The van der Waals surface area contributed by atoms with Gasteiger partial charge in [-0.2, -0.15) is 0 Å². The second-order valence-electron chi connectivity index (χ2n) is 5.70. The molecule has 0 unspecified atom stereocenters. The summed E-state index contributed by atoms with van der Waals surface area (Å²) in [5, 5.41) is 5.99. The lowest BCUT2D eigenvalue weighted by Crippen LogP contribution is -2.30. The molecule has 0 saturated carbocycles. The molecule has 1 aromatic heterocycles. The van der Waals surface area contributed by atoms with Crippen LogP contribution in [0.25, 0.3) is 0 Å². The Morgan fingerprint density at radius 2 is 1.92 bits per heavy atom. The van der Waals surface area contributed by atoms with Gasteiger partial charge in [0.25, 0.3) is 5.91 Å². The molecule has 1 heterocycles. The van der Waals surface area contributed by atoms with Gasteiger partial charge >= 0.3 is 5.97 Å². The first-order chi connectivity index (χ1) is 12.5. The number of anilines is 2. The predicted molar refractivity (Wildman–Crippen MR) is 103 cm³/mol. The van der Waals surface area contributed by atoms with Gasteiger partial charge in [0.05, 0.1) is 11.3 Å². The van der Waals surface area contributed by atoms with Crippen LogP contribution in [0.5, 0.6) is 0 Å². The quantitative estimate of drug-likeness (QED) is 0.412. The molecule has 0 fully saturated rings. The minimum atomic E-state index is -0.984. The van der Waals surface area contributed by atoms with Crippen molar-refractivity contribution in [2.75, 3.05) is 17.2 Å². The Balaban J connectivity index is 2.00. The maximum absolute atomic E-state index is 12.5. The highest BCUT2D eigenvalue weighted by Gasteiger charge is 2.21. The number of para-hydroxylation sites is 1. The van der Waals surface area contributed by atoms with Gasteiger partial charge in [-0.05, 0) is 37.6 Å². The molecule has 0 aliphatic rings. The van der Waals surface area contributed by atoms with E-state index in [9.17, 15) is 9.59 Å². The molecule has 0 aliphatic carbocycles. The van der Waals surface area contributed by atoms with E-state index in [4.69, 9.17) is 16.3 Å². The molecule has 2 rings (SSSR count). The molecule has 0 aliphatic heterocycles. The van der Waals surface area contributed by atoms with Gasteiger partial charge in [-0.3, -0.25) is 4.79 Å². The molecule has 7 heteroatoms. The van der Waals surface area contributed by atoms with Gasteiger partial charge in [0.1, 0.15) is 0 Å². The van der Waals surface area contributed by atoms with Crippen LogP contribution in [-0.4, -0.2) is 29.5 Å². The average Bonchev–Trinajstić information content (AvgIpc) is 2.64. The summed E-state index contributed by atoms with van der Waals surface area (Å²) in [6.07, 6.45) is 2.58. The number of benzene rings is 1. The third kappa shape index (κ3) is 5.46. The lowest BCUT2D eigenvalue weighted by molar-refractivity contribution is -0.123. The Bertz CT molecular complexity index is 767. The number of esters is 1. The topological polar surface area (TPSA) is 80.3 Å². The summed E-state index contributed by atoms with van der Waals surface area (Å²) in [6, 6.07) is 10.3. The van der Waals surface area contributed by atoms with E-state index in [1.807, 2.05) is 12.1 Å². The number of carbonyl (C=O) groups excluding carboxylic acids is 2. The van der Waals surface area contributed by atoms with E-state index in [1.165, 1.54) is 13.1 Å². The van der Waals surface area contributed by atoms with Crippen molar-refractivity contribution in [3.63, 3.8) is 0 Å². The van der Waals surface area contributed by atoms with Gasteiger partial charge in [0, 0.05) is 18.4 Å². The molecule has 0 spiro atoms. The summed E-state index contributed by atoms with van der Waals surface area (Å²) in [5.74, 6) is -1.05. The van der Waals surface area contributed by atoms with Crippen LogP contribution in [0.4, 0.5) is 11.4 Å². The Labute approximate surface area is 157 Å². The molecule has 6 nitrogen and oxygen atoms in total. The van der Waals surface area contributed by atoms with E-state index in [1.54, 1.807) is 24.3 Å². The van der Waals surface area contributed by atoms with Crippen molar-refractivity contribution in [3.05, 3.63) is 53.3 Å². The highest BCUT2D eigenvalue weighted by atomic mass is 35.5. The molecule has 1 amide bonds. The van der Waals surface area contributed by atoms with Crippen molar-refractivity contribution in [1.29, 1.82) is 0 Å². The number of nitrogens with zero attached hydrogens (tertiary/aromatic N) is 1. The fraction of sp³-hybridized carbons (Fsp3) is 0.316. The summed E-state index contributed by atoms with van der Waals surface area (Å²) < 4.78 is 5.30. The number of halogens is 1. The van der Waals surface area contributed by atoms with Crippen LogP contribution >= 0.6 is 11.6 Å². The minimum absolute atomic E-state index is 0.171. The van der Waals surface area contributed by atoms with E-state index in [2.05, 4.69) is 22.5 Å². The number of carbonyl (C=O) groups is 2. The van der Waals surface area contributed by atoms with E-state index < -0.39 is 18.0 Å². The van der Waals surface area contributed by atoms with Gasteiger partial charge in [0.2, 0.25) is 0 Å². The molecule has 2 N–H and O–H groups in total. The van der Waals surface area contributed by atoms with Crippen molar-refractivity contribution in [2.45, 2.75) is 32.8 Å². The fourth-order valence-corrected chi connectivity index (χ4v) is 2.37. The molecular weight excluding hydrogens is 354 g/mol. The number of hydrogen-bond donors (Lipinski definition) is 2. The van der Waals surface area contributed by atoms with Crippen molar-refractivity contribution in [3.8, 4) is 0 Å². The first-order valence-electron chi connectivity index (χ1n) is 8.48. The molecule has 0 radical (unpaired) electrons. The second-order valence-corrected chi connectivity index (χ2v) is 6.06. The molecule has 1 aromatic carbocycles. The molecule has 2 aromatic rings. The van der Waals surface area contributed by atoms with Crippen molar-refractivity contribution in [1.82, 2.24) is 4.98 Å². The molecule has 26 heavy (non-hydrogen) atoms. The average molecular weight is 376 g/mol. The van der Waals surface area contributed by atoms with E-state index >= 15 is 0 Å². The second kappa shape index (κ2) is 9.77. The van der Waals surface area contributed by atoms with Crippen molar-refractivity contribution < 1.29 is 14.3 Å². The van der Waals surface area contributed by atoms with Gasteiger partial charge < -0.3 is 15.4 Å². The molecule has 0 bridgehead atoms. The SMILES string of the molecule is CCCCNc1ccccc1C(=O)O[C@@H](C)C(=O)Nc1cccnc1Cl. The standard InChI is InChI=1S/C19H22ClN3O3/c1-3-4-11-21-15-9-6-5-8-14(15)19(25)26-13(2)18(24)23-16-10-7-12-22-17(16)20/h5-10,12-13,21H,3-4,11H2,1-2H3,(H,23,24)/t13-/m0/s1. The van der Waals surface area contributed by atoms with E-state index in [-0.39, 0.29) is 5.15 Å². The first-order valence-corrected chi connectivity index (χ1v) is 8.86.